The van der Waals surface area contributed by atoms with E-state index in [1.807, 2.05) is 26.0 Å². The van der Waals surface area contributed by atoms with Crippen molar-refractivity contribution in [2.75, 3.05) is 17.5 Å². The Labute approximate surface area is 137 Å². The second-order valence-corrected chi connectivity index (χ2v) is 7.58. The maximum atomic E-state index is 13.0. The molecule has 122 valence electrons. The second kappa shape index (κ2) is 6.24. The van der Waals surface area contributed by atoms with Crippen molar-refractivity contribution in [3.05, 3.63) is 53.6 Å². The van der Waals surface area contributed by atoms with Crippen LogP contribution in [0.15, 0.2) is 47.4 Å². The number of anilines is 1. The van der Waals surface area contributed by atoms with Gasteiger partial charge in [-0.25, -0.2) is 8.42 Å². The van der Waals surface area contributed by atoms with Crippen molar-refractivity contribution in [1.82, 2.24) is 0 Å². The third-order valence-corrected chi connectivity index (χ3v) is 5.86. The van der Waals surface area contributed by atoms with E-state index in [1.165, 1.54) is 4.31 Å². The molecule has 1 aliphatic heterocycles. The first-order chi connectivity index (χ1) is 11.0. The molecular weight excluding hydrogens is 310 g/mol. The van der Waals surface area contributed by atoms with Gasteiger partial charge in [-0.15, -0.1) is 0 Å². The molecule has 0 aliphatic carbocycles. The molecule has 0 radical (unpaired) electrons. The summed E-state index contributed by atoms with van der Waals surface area (Å²) in [4.78, 5) is 0.300. The Kier molecular flexibility index (Phi) is 4.31. The van der Waals surface area contributed by atoms with E-state index in [0.717, 1.165) is 29.7 Å². The summed E-state index contributed by atoms with van der Waals surface area (Å²) in [6, 6.07) is 12.6. The van der Waals surface area contributed by atoms with E-state index in [-0.39, 0.29) is 0 Å². The summed E-state index contributed by atoms with van der Waals surface area (Å²) in [7, 11) is -3.54. The van der Waals surface area contributed by atoms with E-state index < -0.39 is 10.0 Å². The van der Waals surface area contributed by atoms with Gasteiger partial charge >= 0.3 is 0 Å². The quantitative estimate of drug-likeness (QED) is 0.861. The van der Waals surface area contributed by atoms with E-state index in [2.05, 4.69) is 6.07 Å². The van der Waals surface area contributed by atoms with Crippen LogP contribution in [-0.2, 0) is 16.4 Å². The summed E-state index contributed by atoms with van der Waals surface area (Å²) >= 11 is 0. The van der Waals surface area contributed by atoms with Gasteiger partial charge in [-0.1, -0.05) is 17.7 Å². The number of aryl methyl sites for hydroxylation is 2. The van der Waals surface area contributed by atoms with Crippen LogP contribution in [0.25, 0.3) is 0 Å². The lowest BCUT2D eigenvalue weighted by Gasteiger charge is -2.30. The Morgan fingerprint density at radius 2 is 1.87 bits per heavy atom. The lowest BCUT2D eigenvalue weighted by Crippen LogP contribution is -2.35. The van der Waals surface area contributed by atoms with Crippen molar-refractivity contribution in [1.29, 1.82) is 0 Å². The molecule has 2 aromatic rings. The summed E-state index contributed by atoms with van der Waals surface area (Å²) in [5.74, 6) is 0.682. The molecule has 0 fully saturated rings. The molecular formula is C18H21NO3S. The third-order valence-electron chi connectivity index (χ3n) is 4.03. The molecule has 4 nitrogen and oxygen atoms in total. The summed E-state index contributed by atoms with van der Waals surface area (Å²) in [5.41, 5.74) is 3.06. The Hall–Kier alpha value is -2.01. The number of ether oxygens (including phenoxy) is 1. The lowest BCUT2D eigenvalue weighted by atomic mass is 10.0. The fraction of sp³-hybridized carbons (Fsp3) is 0.333. The second-order valence-electron chi connectivity index (χ2n) is 5.72. The van der Waals surface area contributed by atoms with Crippen molar-refractivity contribution in [2.24, 2.45) is 0 Å². The van der Waals surface area contributed by atoms with Crippen molar-refractivity contribution in [3.8, 4) is 5.75 Å². The minimum absolute atomic E-state index is 0.300. The van der Waals surface area contributed by atoms with Gasteiger partial charge in [0.05, 0.1) is 17.2 Å². The van der Waals surface area contributed by atoms with Gasteiger partial charge in [0.15, 0.2) is 0 Å². The van der Waals surface area contributed by atoms with Crippen LogP contribution in [-0.4, -0.2) is 21.6 Å². The number of benzene rings is 2. The summed E-state index contributed by atoms with van der Waals surface area (Å²) in [6.45, 7) is 5.01. The van der Waals surface area contributed by atoms with E-state index in [9.17, 15) is 8.42 Å². The van der Waals surface area contributed by atoms with Gasteiger partial charge in [-0.05, 0) is 62.6 Å². The summed E-state index contributed by atoms with van der Waals surface area (Å²) in [6.07, 6.45) is 1.76. The highest BCUT2D eigenvalue weighted by atomic mass is 32.2. The highest BCUT2D eigenvalue weighted by Gasteiger charge is 2.29. The SMILES string of the molecule is CCOc1ccc(S(=O)(=O)N2CCCc3cc(C)ccc32)cc1. The molecule has 0 bridgehead atoms. The standard InChI is InChI=1S/C18H21NO3S/c1-3-22-16-7-9-17(10-8-16)23(20,21)19-12-4-5-15-13-14(2)6-11-18(15)19/h6-11,13H,3-5,12H2,1-2H3. The number of fused-ring (bicyclic) bond motifs is 1. The number of hydrogen-bond acceptors (Lipinski definition) is 3. The van der Waals surface area contributed by atoms with Crippen LogP contribution >= 0.6 is 0 Å². The molecule has 0 N–H and O–H groups in total. The third kappa shape index (κ3) is 3.06. The van der Waals surface area contributed by atoms with Gasteiger partial charge in [0, 0.05) is 6.54 Å². The van der Waals surface area contributed by atoms with Crippen LogP contribution in [0.4, 0.5) is 5.69 Å². The average Bonchev–Trinajstić information content (AvgIpc) is 2.55. The van der Waals surface area contributed by atoms with Crippen LogP contribution in [0, 0.1) is 6.92 Å². The van der Waals surface area contributed by atoms with Gasteiger partial charge in [0.2, 0.25) is 0 Å². The fourth-order valence-corrected chi connectivity index (χ4v) is 4.48. The average molecular weight is 331 g/mol. The van der Waals surface area contributed by atoms with Crippen LogP contribution in [0.1, 0.15) is 24.5 Å². The summed E-state index contributed by atoms with van der Waals surface area (Å²) in [5, 5.41) is 0. The molecule has 0 aromatic heterocycles. The van der Waals surface area contributed by atoms with Crippen molar-refractivity contribution in [3.63, 3.8) is 0 Å². The molecule has 1 heterocycles. The predicted octanol–water partition coefficient (Wildman–Crippen LogP) is 3.54. The molecule has 0 saturated heterocycles. The normalized spacial score (nSPS) is 14.4. The molecule has 0 saturated carbocycles. The first-order valence-corrected chi connectivity index (χ1v) is 9.31. The Morgan fingerprint density at radius 1 is 1.13 bits per heavy atom. The Morgan fingerprint density at radius 3 is 2.57 bits per heavy atom. The van der Waals surface area contributed by atoms with E-state index >= 15 is 0 Å². The zero-order chi connectivity index (χ0) is 16.4. The van der Waals surface area contributed by atoms with Crippen LogP contribution in [0.5, 0.6) is 5.75 Å². The van der Waals surface area contributed by atoms with Gasteiger partial charge in [-0.3, -0.25) is 4.31 Å². The Bertz CT molecular complexity index is 798. The fourth-order valence-electron chi connectivity index (χ4n) is 2.94. The monoisotopic (exact) mass is 331 g/mol. The van der Waals surface area contributed by atoms with Crippen LogP contribution < -0.4 is 9.04 Å². The molecule has 0 spiro atoms. The lowest BCUT2D eigenvalue weighted by molar-refractivity contribution is 0.340. The number of nitrogens with zero attached hydrogens (tertiary/aromatic N) is 1. The van der Waals surface area contributed by atoms with E-state index in [1.54, 1.807) is 24.3 Å². The van der Waals surface area contributed by atoms with Gasteiger partial charge in [-0.2, -0.15) is 0 Å². The van der Waals surface area contributed by atoms with Crippen molar-refractivity contribution in [2.45, 2.75) is 31.6 Å². The topological polar surface area (TPSA) is 46.6 Å². The smallest absolute Gasteiger partial charge is 0.264 e. The maximum absolute atomic E-state index is 13.0. The van der Waals surface area contributed by atoms with Crippen LogP contribution in [0.2, 0.25) is 0 Å². The first kappa shape index (κ1) is 15.9. The van der Waals surface area contributed by atoms with Crippen molar-refractivity contribution >= 4 is 15.7 Å². The molecule has 0 unspecified atom stereocenters. The van der Waals surface area contributed by atoms with E-state index in [0.29, 0.717) is 23.8 Å². The summed E-state index contributed by atoms with van der Waals surface area (Å²) < 4.78 is 32.9. The molecule has 0 amide bonds. The van der Waals surface area contributed by atoms with Gasteiger partial charge in [0.1, 0.15) is 5.75 Å². The minimum atomic E-state index is -3.54. The van der Waals surface area contributed by atoms with E-state index in [4.69, 9.17) is 4.74 Å². The molecule has 5 heteroatoms. The Balaban J connectivity index is 1.97. The highest BCUT2D eigenvalue weighted by Crippen LogP contribution is 2.32. The molecule has 1 aliphatic rings. The van der Waals surface area contributed by atoms with Gasteiger partial charge < -0.3 is 4.74 Å². The number of sulfonamides is 1. The number of hydrogen-bond donors (Lipinski definition) is 0. The molecule has 3 rings (SSSR count). The minimum Gasteiger partial charge on any atom is -0.494 e. The molecule has 23 heavy (non-hydrogen) atoms. The zero-order valence-electron chi connectivity index (χ0n) is 13.5. The zero-order valence-corrected chi connectivity index (χ0v) is 14.3. The van der Waals surface area contributed by atoms with Crippen LogP contribution in [0.3, 0.4) is 0 Å². The predicted molar refractivity (Wildman–Crippen MR) is 91.6 cm³/mol. The number of rotatable bonds is 4. The first-order valence-electron chi connectivity index (χ1n) is 7.87. The molecule has 0 atom stereocenters. The highest BCUT2D eigenvalue weighted by molar-refractivity contribution is 7.92. The maximum Gasteiger partial charge on any atom is 0.264 e. The van der Waals surface area contributed by atoms with Gasteiger partial charge in [0.25, 0.3) is 10.0 Å². The molecule has 2 aromatic carbocycles. The largest absolute Gasteiger partial charge is 0.494 e. The van der Waals surface area contributed by atoms with Crippen molar-refractivity contribution < 1.29 is 13.2 Å².